The number of nitrogens with one attached hydrogen (secondary N) is 2. The van der Waals surface area contributed by atoms with Gasteiger partial charge in [-0.3, -0.25) is 9.59 Å². The molecule has 0 aromatic heterocycles. The van der Waals surface area contributed by atoms with Crippen LogP contribution in [0.4, 0.5) is 26.3 Å². The summed E-state index contributed by atoms with van der Waals surface area (Å²) >= 11 is 0. The second kappa shape index (κ2) is 13.4. The van der Waals surface area contributed by atoms with Gasteiger partial charge in [-0.15, -0.1) is 0 Å². The van der Waals surface area contributed by atoms with Crippen LogP contribution in [0.3, 0.4) is 0 Å². The summed E-state index contributed by atoms with van der Waals surface area (Å²) < 4.78 is 74.4. The molecule has 2 amide bonds. The van der Waals surface area contributed by atoms with Crippen LogP contribution in [-0.2, 0) is 9.59 Å². The fraction of sp³-hybridized carbons (Fsp3) is 0.364. The first-order chi connectivity index (χ1) is 15.0. The van der Waals surface area contributed by atoms with Crippen LogP contribution in [0.25, 0.3) is 0 Å². The van der Waals surface area contributed by atoms with Gasteiger partial charge in [-0.1, -0.05) is 24.3 Å². The van der Waals surface area contributed by atoms with E-state index >= 15 is 0 Å². The highest BCUT2D eigenvalue weighted by Gasteiger charge is 2.19. The number of halogens is 6. The minimum absolute atomic E-state index is 0.394. The summed E-state index contributed by atoms with van der Waals surface area (Å²) in [5.41, 5.74) is 0.939. The van der Waals surface area contributed by atoms with Crippen molar-refractivity contribution in [2.45, 2.75) is 51.6 Å². The van der Waals surface area contributed by atoms with E-state index in [0.717, 1.165) is 0 Å². The molecular formula is C22H24F6N2O2. The van der Waals surface area contributed by atoms with E-state index in [2.05, 4.69) is 10.6 Å². The smallest absolute Gasteiger partial charge is 0.240 e. The lowest BCUT2D eigenvalue weighted by Gasteiger charge is -2.17. The predicted molar refractivity (Wildman–Crippen MR) is 107 cm³/mol. The van der Waals surface area contributed by atoms with Crippen molar-refractivity contribution in [3.05, 3.63) is 71.3 Å². The molecule has 0 fully saturated rings. The number of carbonyl (C=O) groups is 2. The number of hydrogen-bond donors (Lipinski definition) is 2. The third-order valence-corrected chi connectivity index (χ3v) is 4.13. The highest BCUT2D eigenvalue weighted by Crippen LogP contribution is 2.22. The lowest BCUT2D eigenvalue weighted by Crippen LogP contribution is -2.27. The van der Waals surface area contributed by atoms with E-state index in [1.54, 1.807) is 0 Å². The molecule has 0 aliphatic rings. The van der Waals surface area contributed by atoms with Crippen molar-refractivity contribution in [3.63, 3.8) is 0 Å². The van der Waals surface area contributed by atoms with Crippen LogP contribution in [0.15, 0.2) is 48.5 Å². The molecule has 0 spiro atoms. The summed E-state index contributed by atoms with van der Waals surface area (Å²) in [5, 5.41) is 4.81. The minimum Gasteiger partial charge on any atom is -0.349 e. The maximum Gasteiger partial charge on any atom is 0.240 e. The number of rotatable bonds is 8. The first-order valence-electron chi connectivity index (χ1n) is 9.59. The van der Waals surface area contributed by atoms with E-state index in [1.165, 1.54) is 62.4 Å². The Morgan fingerprint density at radius 2 is 0.938 bits per heavy atom. The van der Waals surface area contributed by atoms with Crippen molar-refractivity contribution in [1.82, 2.24) is 10.6 Å². The zero-order valence-corrected chi connectivity index (χ0v) is 17.4. The number of benzene rings is 2. The van der Waals surface area contributed by atoms with Gasteiger partial charge in [0.1, 0.15) is 11.6 Å². The lowest BCUT2D eigenvalue weighted by atomic mass is 10.0. The Labute approximate surface area is 182 Å². The number of hydrogen-bond acceptors (Lipinski definition) is 2. The normalized spacial score (nSPS) is 12.6. The SMILES string of the molecule is CC(=O)N[C@H](CC(F)F)c1ccc(F)cc1.CC(=O)N[C@H](CC(F)F)c1ccc(F)cc1. The van der Waals surface area contributed by atoms with E-state index < -0.39 is 61.2 Å². The average Bonchev–Trinajstić information content (AvgIpc) is 2.67. The van der Waals surface area contributed by atoms with Crippen molar-refractivity contribution in [2.75, 3.05) is 0 Å². The molecule has 2 rings (SSSR count). The molecule has 0 aliphatic heterocycles. The lowest BCUT2D eigenvalue weighted by molar-refractivity contribution is -0.120. The van der Waals surface area contributed by atoms with E-state index in [-0.39, 0.29) is 0 Å². The standard InChI is InChI=1S/2C11H12F3NO/c2*1-7(16)15-10(6-11(13)14)8-2-4-9(12)5-3-8/h2*2-5,10-11H,6H2,1H3,(H,15,16)/t2*10-/m11/s1. The van der Waals surface area contributed by atoms with Crippen molar-refractivity contribution in [1.29, 1.82) is 0 Å². The molecule has 10 heteroatoms. The molecule has 4 nitrogen and oxygen atoms in total. The summed E-state index contributed by atoms with van der Waals surface area (Å²) in [4.78, 5) is 21.7. The Bertz CT molecular complexity index is 773. The maximum absolute atomic E-state index is 12.6. The zero-order valence-electron chi connectivity index (χ0n) is 17.4. The highest BCUT2D eigenvalue weighted by molar-refractivity contribution is 5.73. The first-order valence-corrected chi connectivity index (χ1v) is 9.59. The second-order valence-electron chi connectivity index (χ2n) is 6.86. The molecule has 32 heavy (non-hydrogen) atoms. The summed E-state index contributed by atoms with van der Waals surface area (Å²) in [6.45, 7) is 2.50. The van der Waals surface area contributed by atoms with Crippen molar-refractivity contribution in [3.8, 4) is 0 Å². The molecule has 0 saturated carbocycles. The van der Waals surface area contributed by atoms with Crippen molar-refractivity contribution in [2.24, 2.45) is 0 Å². The largest absolute Gasteiger partial charge is 0.349 e. The number of amides is 2. The monoisotopic (exact) mass is 462 g/mol. The van der Waals surface area contributed by atoms with Crippen LogP contribution < -0.4 is 10.6 Å². The van der Waals surface area contributed by atoms with Gasteiger partial charge in [0.2, 0.25) is 24.7 Å². The zero-order chi connectivity index (χ0) is 24.3. The van der Waals surface area contributed by atoms with Crippen LogP contribution in [-0.4, -0.2) is 24.7 Å². The molecule has 2 aromatic rings. The van der Waals surface area contributed by atoms with Crippen LogP contribution in [0, 0.1) is 11.6 Å². The van der Waals surface area contributed by atoms with Crippen molar-refractivity contribution >= 4 is 11.8 Å². The highest BCUT2D eigenvalue weighted by atomic mass is 19.3. The molecule has 0 radical (unpaired) electrons. The third kappa shape index (κ3) is 10.8. The molecular weight excluding hydrogens is 438 g/mol. The van der Waals surface area contributed by atoms with Gasteiger partial charge in [-0.05, 0) is 35.4 Å². The molecule has 0 unspecified atom stereocenters. The van der Waals surface area contributed by atoms with Crippen LogP contribution in [0.1, 0.15) is 49.9 Å². The van der Waals surface area contributed by atoms with Gasteiger partial charge in [-0.25, -0.2) is 26.3 Å². The minimum atomic E-state index is -2.53. The fourth-order valence-electron chi connectivity index (χ4n) is 2.79. The molecule has 176 valence electrons. The third-order valence-electron chi connectivity index (χ3n) is 4.13. The summed E-state index contributed by atoms with van der Waals surface area (Å²) in [7, 11) is 0. The van der Waals surface area contributed by atoms with Gasteiger partial charge in [0.05, 0.1) is 12.1 Å². The Morgan fingerprint density at radius 3 is 1.16 bits per heavy atom. The first kappa shape index (κ1) is 27.0. The number of carbonyl (C=O) groups excluding carboxylic acids is 2. The summed E-state index contributed by atoms with van der Waals surface area (Å²) in [5.74, 6) is -1.67. The summed E-state index contributed by atoms with van der Waals surface area (Å²) in [6, 6.07) is 8.69. The second-order valence-corrected chi connectivity index (χ2v) is 6.86. The summed E-state index contributed by atoms with van der Waals surface area (Å²) in [6.07, 6.45) is -6.01. The van der Waals surface area contributed by atoms with Crippen LogP contribution in [0.5, 0.6) is 0 Å². The Balaban J connectivity index is 0.000000320. The van der Waals surface area contributed by atoms with E-state index in [0.29, 0.717) is 11.1 Å². The van der Waals surface area contributed by atoms with Crippen molar-refractivity contribution < 1.29 is 35.9 Å². The van der Waals surface area contributed by atoms with Gasteiger partial charge in [-0.2, -0.15) is 0 Å². The predicted octanol–water partition coefficient (Wildman–Crippen LogP) is 5.32. The van der Waals surface area contributed by atoms with Crippen LogP contribution in [0.2, 0.25) is 0 Å². The fourth-order valence-corrected chi connectivity index (χ4v) is 2.79. The van der Waals surface area contributed by atoms with Gasteiger partial charge >= 0.3 is 0 Å². The van der Waals surface area contributed by atoms with Gasteiger partial charge in [0.15, 0.2) is 0 Å². The molecule has 0 aliphatic carbocycles. The molecule has 2 atom stereocenters. The van der Waals surface area contributed by atoms with Gasteiger partial charge in [0, 0.05) is 26.7 Å². The Hall–Kier alpha value is -3.04. The quantitative estimate of drug-likeness (QED) is 0.522. The number of alkyl halides is 4. The molecule has 2 N–H and O–H groups in total. The molecule has 0 saturated heterocycles. The molecule has 0 bridgehead atoms. The van der Waals surface area contributed by atoms with E-state index in [9.17, 15) is 35.9 Å². The molecule has 2 aromatic carbocycles. The average molecular weight is 462 g/mol. The van der Waals surface area contributed by atoms with Gasteiger partial charge < -0.3 is 10.6 Å². The maximum atomic E-state index is 12.6. The van der Waals surface area contributed by atoms with E-state index in [4.69, 9.17) is 0 Å². The molecule has 0 heterocycles. The van der Waals surface area contributed by atoms with Gasteiger partial charge in [0.25, 0.3) is 0 Å². The van der Waals surface area contributed by atoms with E-state index in [1.807, 2.05) is 0 Å². The topological polar surface area (TPSA) is 58.2 Å². The van der Waals surface area contributed by atoms with Crippen LogP contribution >= 0.6 is 0 Å². The Morgan fingerprint density at radius 1 is 0.656 bits per heavy atom. The Kier molecular flexibility index (Phi) is 11.3.